The van der Waals surface area contributed by atoms with E-state index in [1.165, 1.54) is 18.2 Å². The number of amides is 1. The number of benzene rings is 3. The van der Waals surface area contributed by atoms with Crippen molar-refractivity contribution in [2.45, 2.75) is 25.2 Å². The van der Waals surface area contributed by atoms with Gasteiger partial charge in [-0.15, -0.1) is 0 Å². The van der Waals surface area contributed by atoms with E-state index in [-0.39, 0.29) is 22.1 Å². The normalized spacial score (nSPS) is 12.6. The maximum Gasteiger partial charge on any atom is 0.261 e. The van der Waals surface area contributed by atoms with Crippen molar-refractivity contribution in [3.63, 3.8) is 0 Å². The summed E-state index contributed by atoms with van der Waals surface area (Å²) in [6, 6.07) is 16.3. The Bertz CT molecular complexity index is 1240. The van der Waals surface area contributed by atoms with E-state index in [1.54, 1.807) is 30.3 Å². The van der Waals surface area contributed by atoms with E-state index in [0.29, 0.717) is 29.5 Å². The number of hydrogen-bond donors (Lipinski definition) is 2. The molecule has 1 aliphatic heterocycles. The first-order chi connectivity index (χ1) is 14.9. The number of carbonyl (C=O) groups excluding carboxylic acids is 1. The average Bonchev–Trinajstić information content (AvgIpc) is 2.88. The molecule has 0 spiro atoms. The Morgan fingerprint density at radius 3 is 2.48 bits per heavy atom. The van der Waals surface area contributed by atoms with E-state index in [2.05, 4.69) is 10.0 Å². The van der Waals surface area contributed by atoms with Crippen LogP contribution in [0.3, 0.4) is 0 Å². The van der Waals surface area contributed by atoms with Gasteiger partial charge in [-0.3, -0.25) is 9.52 Å². The van der Waals surface area contributed by atoms with Gasteiger partial charge in [0, 0.05) is 5.69 Å². The van der Waals surface area contributed by atoms with Crippen molar-refractivity contribution in [1.29, 1.82) is 0 Å². The molecule has 2 N–H and O–H groups in total. The number of aryl methyl sites for hydroxylation is 1. The maximum absolute atomic E-state index is 12.8. The molecule has 0 bridgehead atoms. The van der Waals surface area contributed by atoms with Crippen molar-refractivity contribution >= 4 is 27.3 Å². The van der Waals surface area contributed by atoms with E-state index >= 15 is 0 Å². The Morgan fingerprint density at radius 1 is 1.00 bits per heavy atom. The van der Waals surface area contributed by atoms with E-state index in [0.717, 1.165) is 12.0 Å². The molecule has 0 unspecified atom stereocenters. The van der Waals surface area contributed by atoms with E-state index in [1.807, 2.05) is 26.0 Å². The van der Waals surface area contributed by atoms with Crippen LogP contribution < -0.4 is 19.5 Å². The lowest BCUT2D eigenvalue weighted by molar-refractivity contribution is 0.102. The van der Waals surface area contributed by atoms with Crippen LogP contribution in [0.2, 0.25) is 0 Å². The zero-order valence-corrected chi connectivity index (χ0v) is 18.0. The summed E-state index contributed by atoms with van der Waals surface area (Å²) in [4.78, 5) is 12.8. The highest BCUT2D eigenvalue weighted by Gasteiger charge is 2.22. The molecule has 1 aliphatic rings. The molecule has 3 aromatic rings. The average molecular weight is 439 g/mol. The van der Waals surface area contributed by atoms with Crippen LogP contribution in [0.5, 0.6) is 17.2 Å². The lowest BCUT2D eigenvalue weighted by Crippen LogP contribution is -2.15. The smallest absolute Gasteiger partial charge is 0.261 e. The molecule has 1 heterocycles. The minimum Gasteiger partial charge on any atom is -0.494 e. The molecule has 0 atom stereocenters. The summed E-state index contributed by atoms with van der Waals surface area (Å²) in [6.45, 7) is 4.47. The predicted octanol–water partition coefficient (Wildman–Crippen LogP) is 4.94. The van der Waals surface area contributed by atoms with Gasteiger partial charge in [-0.05, 0) is 73.5 Å². The molecule has 4 rings (SSSR count). The van der Waals surface area contributed by atoms with Crippen LogP contribution in [0.4, 0.5) is 11.4 Å². The minimum atomic E-state index is -3.84. The molecule has 0 aliphatic carbocycles. The van der Waals surface area contributed by atoms with Gasteiger partial charge < -0.3 is 14.8 Å². The van der Waals surface area contributed by atoms with Crippen molar-refractivity contribution in [1.82, 2.24) is 0 Å². The highest BCUT2D eigenvalue weighted by Crippen LogP contribution is 2.37. The summed E-state index contributed by atoms with van der Waals surface area (Å²) >= 11 is 0. The van der Waals surface area contributed by atoms with Crippen molar-refractivity contribution in [3.8, 4) is 17.2 Å². The topological polar surface area (TPSA) is 93.7 Å². The van der Waals surface area contributed by atoms with Crippen LogP contribution >= 0.6 is 0 Å². The van der Waals surface area contributed by atoms with E-state index in [9.17, 15) is 13.2 Å². The third-order valence-electron chi connectivity index (χ3n) is 4.69. The quantitative estimate of drug-likeness (QED) is 0.568. The van der Waals surface area contributed by atoms with Gasteiger partial charge in [-0.2, -0.15) is 0 Å². The minimum absolute atomic E-state index is 0.0925. The number of hydrogen-bond acceptors (Lipinski definition) is 5. The van der Waals surface area contributed by atoms with Crippen LogP contribution in [0.1, 0.15) is 29.3 Å². The molecule has 0 radical (unpaired) electrons. The Labute approximate surface area is 181 Å². The predicted molar refractivity (Wildman–Crippen MR) is 119 cm³/mol. The standard InChI is InChI=1S/C23H22N2O5S/c1-3-12-29-17-6-8-18(9-7-17)31(27,28)25-16-5-11-21-19(14-16)23(26)24-20-13-15(2)4-10-22(20)30-21/h4-11,13-14,25H,3,12H2,1-2H3,(H,24,26). The molecule has 0 saturated heterocycles. The summed E-state index contributed by atoms with van der Waals surface area (Å²) in [5.41, 5.74) is 2.03. The number of ether oxygens (including phenoxy) is 2. The van der Waals surface area contributed by atoms with E-state index in [4.69, 9.17) is 9.47 Å². The molecule has 7 nitrogen and oxygen atoms in total. The van der Waals surface area contributed by atoms with Crippen LogP contribution in [0, 0.1) is 6.92 Å². The Balaban J connectivity index is 1.57. The molecule has 0 saturated carbocycles. The van der Waals surface area contributed by atoms with Crippen molar-refractivity contribution in [2.24, 2.45) is 0 Å². The largest absolute Gasteiger partial charge is 0.494 e. The molecule has 8 heteroatoms. The molecular formula is C23H22N2O5S. The third kappa shape index (κ3) is 4.49. The van der Waals surface area contributed by atoms with Gasteiger partial charge in [0.15, 0.2) is 5.75 Å². The van der Waals surface area contributed by atoms with Gasteiger partial charge in [0.2, 0.25) is 0 Å². The number of rotatable bonds is 6. The van der Waals surface area contributed by atoms with Gasteiger partial charge >= 0.3 is 0 Å². The number of nitrogens with one attached hydrogen (secondary N) is 2. The number of carbonyl (C=O) groups is 1. The van der Waals surface area contributed by atoms with E-state index < -0.39 is 10.0 Å². The Kier molecular flexibility index (Phi) is 5.56. The molecule has 160 valence electrons. The van der Waals surface area contributed by atoms with Crippen LogP contribution in [0.25, 0.3) is 0 Å². The first-order valence-electron chi connectivity index (χ1n) is 9.85. The number of anilines is 2. The fourth-order valence-electron chi connectivity index (χ4n) is 3.15. The molecule has 3 aromatic carbocycles. The molecule has 1 amide bonds. The summed E-state index contributed by atoms with van der Waals surface area (Å²) < 4.78 is 39.4. The van der Waals surface area contributed by atoms with Crippen LogP contribution in [-0.2, 0) is 10.0 Å². The first kappa shape index (κ1) is 20.7. The lowest BCUT2D eigenvalue weighted by Gasteiger charge is -2.12. The highest BCUT2D eigenvalue weighted by atomic mass is 32.2. The van der Waals surface area contributed by atoms with Crippen LogP contribution in [-0.4, -0.2) is 20.9 Å². The Hall–Kier alpha value is -3.52. The zero-order chi connectivity index (χ0) is 22.0. The zero-order valence-electron chi connectivity index (χ0n) is 17.1. The number of fused-ring (bicyclic) bond motifs is 2. The van der Waals surface area contributed by atoms with Crippen molar-refractivity contribution in [3.05, 3.63) is 71.8 Å². The first-order valence-corrected chi connectivity index (χ1v) is 11.3. The fourth-order valence-corrected chi connectivity index (χ4v) is 4.20. The van der Waals surface area contributed by atoms with Crippen molar-refractivity contribution < 1.29 is 22.7 Å². The monoisotopic (exact) mass is 438 g/mol. The summed E-state index contributed by atoms with van der Waals surface area (Å²) in [7, 11) is -3.84. The number of sulfonamides is 1. The summed E-state index contributed by atoms with van der Waals surface area (Å²) in [5.74, 6) is 1.10. The third-order valence-corrected chi connectivity index (χ3v) is 6.08. The van der Waals surface area contributed by atoms with Gasteiger partial charge in [0.05, 0.1) is 22.8 Å². The molecule has 0 aromatic heterocycles. The van der Waals surface area contributed by atoms with Gasteiger partial charge in [-0.25, -0.2) is 8.42 Å². The summed E-state index contributed by atoms with van der Waals surface area (Å²) in [5, 5.41) is 2.81. The molecular weight excluding hydrogens is 416 g/mol. The van der Waals surface area contributed by atoms with Crippen LogP contribution in [0.15, 0.2) is 65.6 Å². The Morgan fingerprint density at radius 2 is 1.74 bits per heavy atom. The van der Waals surface area contributed by atoms with Gasteiger partial charge in [0.25, 0.3) is 15.9 Å². The highest BCUT2D eigenvalue weighted by molar-refractivity contribution is 7.92. The molecule has 0 fully saturated rings. The molecule has 31 heavy (non-hydrogen) atoms. The second kappa shape index (κ2) is 8.31. The van der Waals surface area contributed by atoms with Crippen molar-refractivity contribution in [2.75, 3.05) is 16.6 Å². The lowest BCUT2D eigenvalue weighted by atomic mass is 10.1. The SMILES string of the molecule is CCCOc1ccc(S(=O)(=O)Nc2ccc3c(c2)C(=O)Nc2cc(C)ccc2O3)cc1. The fraction of sp³-hybridized carbons (Fsp3) is 0.174. The maximum atomic E-state index is 12.8. The second-order valence-electron chi connectivity index (χ2n) is 7.19. The second-order valence-corrected chi connectivity index (χ2v) is 8.87. The van der Waals surface area contributed by atoms with Gasteiger partial charge in [-0.1, -0.05) is 13.0 Å². The van der Waals surface area contributed by atoms with Gasteiger partial charge in [0.1, 0.15) is 11.5 Å². The summed E-state index contributed by atoms with van der Waals surface area (Å²) in [6.07, 6.45) is 0.863.